The molecule has 0 aromatic rings. The van der Waals surface area contributed by atoms with E-state index in [1.807, 2.05) is 0 Å². The van der Waals surface area contributed by atoms with E-state index >= 15 is 0 Å². The van der Waals surface area contributed by atoms with Crippen LogP contribution >= 0.6 is 0 Å². The van der Waals surface area contributed by atoms with Crippen molar-refractivity contribution in [1.82, 2.24) is 0 Å². The van der Waals surface area contributed by atoms with Crippen LogP contribution in [-0.4, -0.2) is 24.4 Å². The molecule has 4 aliphatic rings. The fraction of sp³-hybridized carbons (Fsp3) is 0.900. The lowest BCUT2D eigenvalue weighted by atomic mass is 9.48. The molecule has 0 spiro atoms. The Bertz CT molecular complexity index is 484. The molecule has 0 heterocycles. The molecule has 0 aliphatic heterocycles. The Morgan fingerprint density at radius 1 is 1.18 bits per heavy atom. The summed E-state index contributed by atoms with van der Waals surface area (Å²) in [5.41, 5.74) is 2.43. The van der Waals surface area contributed by atoms with Crippen LogP contribution in [0, 0.1) is 28.6 Å². The Labute approximate surface area is 135 Å². The summed E-state index contributed by atoms with van der Waals surface area (Å²) < 4.78 is 5.53. The van der Waals surface area contributed by atoms with Crippen LogP contribution in [0.3, 0.4) is 0 Å². The van der Waals surface area contributed by atoms with Crippen molar-refractivity contribution in [3.8, 4) is 0 Å². The smallest absolute Gasteiger partial charge is 0.0867 e. The van der Waals surface area contributed by atoms with Gasteiger partial charge in [0.05, 0.1) is 12.2 Å². The third-order valence-electron chi connectivity index (χ3n) is 8.19. The van der Waals surface area contributed by atoms with Crippen molar-refractivity contribution in [1.29, 1.82) is 0 Å². The first-order valence-electron chi connectivity index (χ1n) is 9.38. The number of hydrogen-bond donors (Lipinski definition) is 1. The van der Waals surface area contributed by atoms with Crippen LogP contribution in [0.4, 0.5) is 0 Å². The SMILES string of the molecule is COC1CC2=CC[C@@H]3[C@@H](CC[C@]4(C)CCC[C@@H]34)[C@@]2(C)CC1O. The molecular weight excluding hydrogens is 272 g/mol. The van der Waals surface area contributed by atoms with E-state index < -0.39 is 0 Å². The van der Waals surface area contributed by atoms with Gasteiger partial charge in [-0.15, -0.1) is 0 Å². The fourth-order valence-corrected chi connectivity index (χ4v) is 6.91. The van der Waals surface area contributed by atoms with Gasteiger partial charge in [-0.25, -0.2) is 0 Å². The highest BCUT2D eigenvalue weighted by Gasteiger charge is 2.56. The number of rotatable bonds is 1. The molecule has 7 atom stereocenters. The zero-order valence-electron chi connectivity index (χ0n) is 14.5. The van der Waals surface area contributed by atoms with Gasteiger partial charge in [0, 0.05) is 7.11 Å². The van der Waals surface area contributed by atoms with Crippen LogP contribution in [0.1, 0.15) is 65.2 Å². The van der Waals surface area contributed by atoms with Crippen LogP contribution in [0.2, 0.25) is 0 Å². The van der Waals surface area contributed by atoms with Crippen molar-refractivity contribution in [2.24, 2.45) is 28.6 Å². The Hall–Kier alpha value is -0.340. The van der Waals surface area contributed by atoms with Crippen LogP contribution in [0.5, 0.6) is 0 Å². The molecule has 0 amide bonds. The average Bonchev–Trinajstić information content (AvgIpc) is 2.88. The maximum atomic E-state index is 10.5. The summed E-state index contributed by atoms with van der Waals surface area (Å²) in [6.07, 6.45) is 12.5. The minimum Gasteiger partial charge on any atom is -0.390 e. The summed E-state index contributed by atoms with van der Waals surface area (Å²) in [6, 6.07) is 0. The quantitative estimate of drug-likeness (QED) is 0.731. The van der Waals surface area contributed by atoms with Crippen LogP contribution in [0.25, 0.3) is 0 Å². The van der Waals surface area contributed by atoms with Crippen molar-refractivity contribution < 1.29 is 9.84 Å². The van der Waals surface area contributed by atoms with Gasteiger partial charge in [0.25, 0.3) is 0 Å². The molecule has 3 fully saturated rings. The number of hydrogen-bond acceptors (Lipinski definition) is 2. The standard InChI is InChI=1S/C20H32O2/c1-19-9-4-5-15(19)14-7-6-13-11-18(22-3)17(21)12-20(13,2)16(14)8-10-19/h6,14-18,21H,4-5,7-12H2,1-3H3/t14-,15-,16+,17?,18?,19-,20-/m0/s1. The molecule has 0 aromatic carbocycles. The Balaban J connectivity index is 1.66. The monoisotopic (exact) mass is 304 g/mol. The largest absolute Gasteiger partial charge is 0.390 e. The van der Waals surface area contributed by atoms with Crippen LogP contribution in [0.15, 0.2) is 11.6 Å². The lowest BCUT2D eigenvalue weighted by Gasteiger charge is -2.58. The molecular formula is C20H32O2. The maximum absolute atomic E-state index is 10.5. The summed E-state index contributed by atoms with van der Waals surface area (Å²) in [4.78, 5) is 0. The van der Waals surface area contributed by atoms with Gasteiger partial charge in [0.15, 0.2) is 0 Å². The second kappa shape index (κ2) is 5.08. The third kappa shape index (κ3) is 1.99. The van der Waals surface area contributed by atoms with Gasteiger partial charge in [0.2, 0.25) is 0 Å². The molecule has 0 saturated heterocycles. The van der Waals surface area contributed by atoms with Gasteiger partial charge in [0.1, 0.15) is 0 Å². The lowest BCUT2D eigenvalue weighted by Crippen LogP contribution is -2.52. The first-order valence-corrected chi connectivity index (χ1v) is 9.38. The van der Waals surface area contributed by atoms with Crippen LogP contribution in [-0.2, 0) is 4.74 Å². The van der Waals surface area contributed by atoms with Crippen LogP contribution < -0.4 is 0 Å². The van der Waals surface area contributed by atoms with Crippen molar-refractivity contribution in [3.63, 3.8) is 0 Å². The summed E-state index contributed by atoms with van der Waals surface area (Å²) in [5, 5.41) is 10.5. The molecule has 3 saturated carbocycles. The minimum atomic E-state index is -0.289. The highest BCUT2D eigenvalue weighted by atomic mass is 16.5. The molecule has 4 aliphatic carbocycles. The number of fused-ring (bicyclic) bond motifs is 5. The van der Waals surface area contributed by atoms with E-state index in [1.54, 1.807) is 12.7 Å². The second-order valence-corrected chi connectivity index (χ2v) is 9.09. The molecule has 22 heavy (non-hydrogen) atoms. The van der Waals surface area contributed by atoms with Gasteiger partial charge in [-0.3, -0.25) is 0 Å². The second-order valence-electron chi connectivity index (χ2n) is 9.09. The third-order valence-corrected chi connectivity index (χ3v) is 8.19. The zero-order valence-corrected chi connectivity index (χ0v) is 14.5. The van der Waals surface area contributed by atoms with Gasteiger partial charge in [-0.05, 0) is 73.5 Å². The molecule has 0 bridgehead atoms. The van der Waals surface area contributed by atoms with E-state index in [4.69, 9.17) is 4.74 Å². The lowest BCUT2D eigenvalue weighted by molar-refractivity contribution is -0.0903. The summed E-state index contributed by atoms with van der Waals surface area (Å²) in [5.74, 6) is 2.58. The normalized spacial score (nSPS) is 54.2. The topological polar surface area (TPSA) is 29.5 Å². The summed E-state index contributed by atoms with van der Waals surface area (Å²) >= 11 is 0. The molecule has 2 nitrogen and oxygen atoms in total. The molecule has 2 unspecified atom stereocenters. The molecule has 124 valence electrons. The van der Waals surface area contributed by atoms with Crippen molar-refractivity contribution in [2.45, 2.75) is 77.4 Å². The Morgan fingerprint density at radius 3 is 2.77 bits per heavy atom. The van der Waals surface area contributed by atoms with E-state index in [1.165, 1.54) is 38.5 Å². The van der Waals surface area contributed by atoms with Gasteiger partial charge in [-0.2, -0.15) is 0 Å². The van der Waals surface area contributed by atoms with Gasteiger partial charge in [-0.1, -0.05) is 31.9 Å². The highest BCUT2D eigenvalue weighted by Crippen LogP contribution is 2.64. The number of aliphatic hydroxyl groups excluding tert-OH is 1. The average molecular weight is 304 g/mol. The fourth-order valence-electron chi connectivity index (χ4n) is 6.91. The molecule has 0 radical (unpaired) electrons. The highest BCUT2D eigenvalue weighted by molar-refractivity contribution is 5.26. The first kappa shape index (κ1) is 15.2. The van der Waals surface area contributed by atoms with Crippen molar-refractivity contribution in [2.75, 3.05) is 7.11 Å². The van der Waals surface area contributed by atoms with E-state index in [2.05, 4.69) is 19.9 Å². The van der Waals surface area contributed by atoms with E-state index in [9.17, 15) is 5.11 Å². The summed E-state index contributed by atoms with van der Waals surface area (Å²) in [7, 11) is 1.74. The first-order chi connectivity index (χ1) is 10.5. The molecule has 2 heteroatoms. The number of aliphatic hydroxyl groups is 1. The molecule has 1 N–H and O–H groups in total. The number of methoxy groups -OCH3 is 1. The number of allylic oxidation sites excluding steroid dienone is 1. The Kier molecular flexibility index (Phi) is 3.51. The van der Waals surface area contributed by atoms with Crippen molar-refractivity contribution in [3.05, 3.63) is 11.6 Å². The molecule has 4 rings (SSSR count). The minimum absolute atomic E-state index is 0.0104. The van der Waals surface area contributed by atoms with E-state index in [0.717, 1.165) is 30.6 Å². The van der Waals surface area contributed by atoms with Gasteiger partial charge < -0.3 is 9.84 Å². The van der Waals surface area contributed by atoms with Gasteiger partial charge >= 0.3 is 0 Å². The zero-order chi connectivity index (χ0) is 15.5. The van der Waals surface area contributed by atoms with E-state index in [-0.39, 0.29) is 17.6 Å². The van der Waals surface area contributed by atoms with E-state index in [0.29, 0.717) is 5.41 Å². The van der Waals surface area contributed by atoms with Crippen molar-refractivity contribution >= 4 is 0 Å². The predicted octanol–water partition coefficient (Wildman–Crippen LogP) is 4.33. The Morgan fingerprint density at radius 2 is 2.00 bits per heavy atom. The maximum Gasteiger partial charge on any atom is 0.0867 e. The summed E-state index contributed by atoms with van der Waals surface area (Å²) in [6.45, 7) is 5.00. The number of ether oxygens (including phenoxy) is 1. The predicted molar refractivity (Wildman–Crippen MR) is 88.5 cm³/mol. The molecule has 0 aromatic heterocycles.